The van der Waals surface area contributed by atoms with Gasteiger partial charge in [0.25, 0.3) is 0 Å². The second-order valence-corrected chi connectivity index (χ2v) is 3.26. The van der Waals surface area contributed by atoms with Crippen LogP contribution in [0.25, 0.3) is 0 Å². The average molecular weight is 212 g/mol. The minimum absolute atomic E-state index is 0.0112. The van der Waals surface area contributed by atoms with E-state index in [0.29, 0.717) is 13.2 Å². The standard InChI is InChI=1S/C11H17FN2O/c1-2-15-8-7-11(14-13)9-3-5-10(12)6-4-9/h3-6,11,14H,2,7-8,13H2,1H3. The molecule has 0 saturated carbocycles. The fourth-order valence-electron chi connectivity index (χ4n) is 1.39. The lowest BCUT2D eigenvalue weighted by Gasteiger charge is -2.15. The first-order chi connectivity index (χ1) is 7.27. The monoisotopic (exact) mass is 212 g/mol. The molecule has 1 rings (SSSR count). The number of nitrogens with one attached hydrogen (secondary N) is 1. The third-order valence-electron chi connectivity index (χ3n) is 2.23. The highest BCUT2D eigenvalue weighted by molar-refractivity contribution is 5.19. The van der Waals surface area contributed by atoms with E-state index in [1.54, 1.807) is 12.1 Å². The van der Waals surface area contributed by atoms with Gasteiger partial charge in [-0.1, -0.05) is 12.1 Å². The molecule has 4 heteroatoms. The number of hydrogen-bond donors (Lipinski definition) is 2. The fraction of sp³-hybridized carbons (Fsp3) is 0.455. The van der Waals surface area contributed by atoms with E-state index in [0.717, 1.165) is 12.0 Å². The molecule has 84 valence electrons. The molecule has 3 nitrogen and oxygen atoms in total. The van der Waals surface area contributed by atoms with E-state index in [-0.39, 0.29) is 11.9 Å². The van der Waals surface area contributed by atoms with Crippen molar-refractivity contribution in [1.29, 1.82) is 0 Å². The van der Waals surface area contributed by atoms with Crippen molar-refractivity contribution in [2.24, 2.45) is 5.84 Å². The number of hydrazine groups is 1. The summed E-state index contributed by atoms with van der Waals surface area (Å²) in [6, 6.07) is 6.33. The SMILES string of the molecule is CCOCCC(NN)c1ccc(F)cc1. The van der Waals surface area contributed by atoms with Crippen molar-refractivity contribution in [1.82, 2.24) is 5.43 Å². The van der Waals surface area contributed by atoms with Gasteiger partial charge >= 0.3 is 0 Å². The zero-order valence-electron chi connectivity index (χ0n) is 8.87. The van der Waals surface area contributed by atoms with E-state index in [4.69, 9.17) is 10.6 Å². The maximum Gasteiger partial charge on any atom is 0.123 e. The van der Waals surface area contributed by atoms with Gasteiger partial charge in [-0.3, -0.25) is 11.3 Å². The Hall–Kier alpha value is -0.970. The Morgan fingerprint density at radius 2 is 2.07 bits per heavy atom. The summed E-state index contributed by atoms with van der Waals surface area (Å²) in [5.74, 6) is 5.19. The number of benzene rings is 1. The zero-order valence-corrected chi connectivity index (χ0v) is 8.87. The fourth-order valence-corrected chi connectivity index (χ4v) is 1.39. The van der Waals surface area contributed by atoms with E-state index in [1.807, 2.05) is 6.92 Å². The Labute approximate surface area is 89.4 Å². The molecule has 0 bridgehead atoms. The summed E-state index contributed by atoms with van der Waals surface area (Å²) >= 11 is 0. The zero-order chi connectivity index (χ0) is 11.1. The minimum atomic E-state index is -0.237. The molecule has 15 heavy (non-hydrogen) atoms. The summed E-state index contributed by atoms with van der Waals surface area (Å²) in [6.07, 6.45) is 0.774. The Kier molecular flexibility index (Phi) is 5.25. The Morgan fingerprint density at radius 3 is 2.60 bits per heavy atom. The largest absolute Gasteiger partial charge is 0.382 e. The number of rotatable bonds is 6. The molecule has 0 aliphatic carbocycles. The Morgan fingerprint density at radius 1 is 1.40 bits per heavy atom. The quantitative estimate of drug-likeness (QED) is 0.429. The first kappa shape index (κ1) is 12.1. The molecular weight excluding hydrogens is 195 g/mol. The molecule has 3 N–H and O–H groups in total. The third kappa shape index (κ3) is 3.95. The van der Waals surface area contributed by atoms with Gasteiger partial charge in [0.05, 0.1) is 0 Å². The van der Waals surface area contributed by atoms with Crippen LogP contribution in [0.2, 0.25) is 0 Å². The van der Waals surface area contributed by atoms with Crippen molar-refractivity contribution in [2.45, 2.75) is 19.4 Å². The maximum atomic E-state index is 12.7. The van der Waals surface area contributed by atoms with Crippen molar-refractivity contribution in [2.75, 3.05) is 13.2 Å². The maximum absolute atomic E-state index is 12.7. The molecular formula is C11H17FN2O. The average Bonchev–Trinajstić information content (AvgIpc) is 2.26. The van der Waals surface area contributed by atoms with Gasteiger partial charge in [-0.25, -0.2) is 4.39 Å². The summed E-state index contributed by atoms with van der Waals surface area (Å²) < 4.78 is 17.9. The van der Waals surface area contributed by atoms with Crippen molar-refractivity contribution >= 4 is 0 Å². The highest BCUT2D eigenvalue weighted by Crippen LogP contribution is 2.16. The molecule has 0 fully saturated rings. The molecule has 0 radical (unpaired) electrons. The molecule has 1 unspecified atom stereocenters. The van der Waals surface area contributed by atoms with Crippen LogP contribution in [0.5, 0.6) is 0 Å². The molecule has 0 amide bonds. The van der Waals surface area contributed by atoms with Gasteiger partial charge in [-0.15, -0.1) is 0 Å². The van der Waals surface area contributed by atoms with Crippen LogP contribution in [-0.4, -0.2) is 13.2 Å². The highest BCUT2D eigenvalue weighted by Gasteiger charge is 2.08. The first-order valence-electron chi connectivity index (χ1n) is 5.07. The smallest absolute Gasteiger partial charge is 0.123 e. The van der Waals surface area contributed by atoms with Crippen LogP contribution >= 0.6 is 0 Å². The molecule has 0 aliphatic heterocycles. The van der Waals surface area contributed by atoms with Crippen molar-refractivity contribution in [3.8, 4) is 0 Å². The van der Waals surface area contributed by atoms with Gasteiger partial charge in [0.1, 0.15) is 5.82 Å². The number of nitrogens with two attached hydrogens (primary N) is 1. The Balaban J connectivity index is 2.53. The van der Waals surface area contributed by atoms with Gasteiger partial charge in [-0.2, -0.15) is 0 Å². The normalized spacial score (nSPS) is 12.7. The lowest BCUT2D eigenvalue weighted by atomic mass is 10.1. The van der Waals surface area contributed by atoms with Crippen LogP contribution in [0.3, 0.4) is 0 Å². The van der Waals surface area contributed by atoms with Gasteiger partial charge in [0, 0.05) is 19.3 Å². The number of ether oxygens (including phenoxy) is 1. The van der Waals surface area contributed by atoms with Crippen LogP contribution < -0.4 is 11.3 Å². The lowest BCUT2D eigenvalue weighted by Crippen LogP contribution is -2.29. The molecule has 0 heterocycles. The highest BCUT2D eigenvalue weighted by atomic mass is 19.1. The van der Waals surface area contributed by atoms with Crippen LogP contribution in [0.4, 0.5) is 4.39 Å². The summed E-state index contributed by atoms with van der Waals surface area (Å²) in [4.78, 5) is 0. The second-order valence-electron chi connectivity index (χ2n) is 3.26. The topological polar surface area (TPSA) is 47.3 Å². The molecule has 1 aromatic rings. The van der Waals surface area contributed by atoms with E-state index in [2.05, 4.69) is 5.43 Å². The predicted octanol–water partition coefficient (Wildman–Crippen LogP) is 1.76. The Bertz CT molecular complexity index is 276. The van der Waals surface area contributed by atoms with Crippen LogP contribution in [-0.2, 0) is 4.74 Å². The van der Waals surface area contributed by atoms with E-state index < -0.39 is 0 Å². The predicted molar refractivity (Wildman–Crippen MR) is 57.6 cm³/mol. The van der Waals surface area contributed by atoms with Crippen molar-refractivity contribution < 1.29 is 9.13 Å². The van der Waals surface area contributed by atoms with Crippen molar-refractivity contribution in [3.05, 3.63) is 35.6 Å². The first-order valence-corrected chi connectivity index (χ1v) is 5.07. The van der Waals surface area contributed by atoms with Gasteiger partial charge < -0.3 is 4.74 Å². The second kappa shape index (κ2) is 6.50. The minimum Gasteiger partial charge on any atom is -0.382 e. The molecule has 1 atom stereocenters. The summed E-state index contributed by atoms with van der Waals surface area (Å²) in [5.41, 5.74) is 3.67. The van der Waals surface area contributed by atoms with E-state index in [9.17, 15) is 4.39 Å². The molecule has 0 aliphatic rings. The van der Waals surface area contributed by atoms with Crippen molar-refractivity contribution in [3.63, 3.8) is 0 Å². The third-order valence-corrected chi connectivity index (χ3v) is 2.23. The van der Waals surface area contributed by atoms with E-state index >= 15 is 0 Å². The van der Waals surface area contributed by atoms with Crippen LogP contribution in [0, 0.1) is 5.82 Å². The molecule has 1 aromatic carbocycles. The van der Waals surface area contributed by atoms with E-state index in [1.165, 1.54) is 12.1 Å². The van der Waals surface area contributed by atoms with Gasteiger partial charge in [0.2, 0.25) is 0 Å². The summed E-state index contributed by atoms with van der Waals surface area (Å²) in [5, 5.41) is 0. The number of halogens is 1. The molecule has 0 aromatic heterocycles. The van der Waals surface area contributed by atoms with Crippen LogP contribution in [0.15, 0.2) is 24.3 Å². The van der Waals surface area contributed by atoms with Gasteiger partial charge in [0.15, 0.2) is 0 Å². The molecule has 0 spiro atoms. The lowest BCUT2D eigenvalue weighted by molar-refractivity contribution is 0.136. The molecule has 0 saturated heterocycles. The van der Waals surface area contributed by atoms with Crippen LogP contribution in [0.1, 0.15) is 24.9 Å². The summed E-state index contributed by atoms with van der Waals surface area (Å²) in [7, 11) is 0. The number of hydrogen-bond acceptors (Lipinski definition) is 3. The van der Waals surface area contributed by atoms with Gasteiger partial charge in [-0.05, 0) is 31.0 Å². The summed E-state index contributed by atoms with van der Waals surface area (Å²) in [6.45, 7) is 3.28.